The third kappa shape index (κ3) is 5.53. The van der Waals surface area contributed by atoms with Gasteiger partial charge >= 0.3 is 5.97 Å². The van der Waals surface area contributed by atoms with Gasteiger partial charge in [-0.05, 0) is 30.4 Å². The summed E-state index contributed by atoms with van der Waals surface area (Å²) in [5.41, 5.74) is 0.275. The number of amides is 1. The van der Waals surface area contributed by atoms with Gasteiger partial charge in [0.1, 0.15) is 0 Å². The maximum atomic E-state index is 11.7. The second kappa shape index (κ2) is 8.07. The fraction of sp³-hybridized carbons (Fsp3) is 0.385. The zero-order valence-corrected chi connectivity index (χ0v) is 12.2. The number of anilines is 1. The van der Waals surface area contributed by atoms with Gasteiger partial charge in [-0.1, -0.05) is 24.9 Å². The van der Waals surface area contributed by atoms with Gasteiger partial charge in [-0.25, -0.2) is 4.79 Å². The van der Waals surface area contributed by atoms with E-state index in [1.54, 1.807) is 6.07 Å². The number of carboxylic acids is 1. The van der Waals surface area contributed by atoms with E-state index in [0.29, 0.717) is 10.8 Å². The first-order valence-electron chi connectivity index (χ1n) is 5.95. The lowest BCUT2D eigenvalue weighted by atomic mass is 10.2. The molecule has 0 atom stereocenters. The van der Waals surface area contributed by atoms with Gasteiger partial charge in [0.05, 0.1) is 17.0 Å². The van der Waals surface area contributed by atoms with E-state index in [2.05, 4.69) is 12.2 Å². The third-order valence-electron chi connectivity index (χ3n) is 2.36. The van der Waals surface area contributed by atoms with Crippen LogP contribution in [0.4, 0.5) is 5.69 Å². The van der Waals surface area contributed by atoms with Crippen molar-refractivity contribution in [1.29, 1.82) is 0 Å². The number of thioether (sulfide) groups is 1. The van der Waals surface area contributed by atoms with E-state index in [1.165, 1.54) is 23.9 Å². The van der Waals surface area contributed by atoms with Crippen molar-refractivity contribution in [2.24, 2.45) is 0 Å². The molecule has 0 aliphatic carbocycles. The summed E-state index contributed by atoms with van der Waals surface area (Å²) in [7, 11) is 0. The fourth-order valence-electron chi connectivity index (χ4n) is 1.40. The standard InChI is InChI=1S/C13H16ClNO3S/c1-2-3-6-19-8-12(16)15-11-5-4-9(14)7-10(11)13(17)18/h4-5,7H,2-3,6,8H2,1H3,(H,15,16)(H,17,18). The lowest BCUT2D eigenvalue weighted by Crippen LogP contribution is -2.16. The Morgan fingerprint density at radius 2 is 2.16 bits per heavy atom. The van der Waals surface area contributed by atoms with Crippen molar-refractivity contribution < 1.29 is 14.7 Å². The number of carbonyl (C=O) groups excluding carboxylic acids is 1. The van der Waals surface area contributed by atoms with Crippen molar-refractivity contribution in [3.8, 4) is 0 Å². The van der Waals surface area contributed by atoms with Gasteiger partial charge in [0.15, 0.2) is 0 Å². The van der Waals surface area contributed by atoms with Gasteiger partial charge < -0.3 is 10.4 Å². The largest absolute Gasteiger partial charge is 0.478 e. The molecule has 0 aromatic heterocycles. The Morgan fingerprint density at radius 3 is 2.79 bits per heavy atom. The van der Waals surface area contributed by atoms with Crippen molar-refractivity contribution in [3.05, 3.63) is 28.8 Å². The van der Waals surface area contributed by atoms with Crippen LogP contribution in [0.3, 0.4) is 0 Å². The van der Waals surface area contributed by atoms with Crippen LogP contribution >= 0.6 is 23.4 Å². The molecule has 0 fully saturated rings. The fourth-order valence-corrected chi connectivity index (χ4v) is 2.47. The number of rotatable bonds is 7. The molecule has 0 unspecified atom stereocenters. The van der Waals surface area contributed by atoms with E-state index < -0.39 is 5.97 Å². The molecule has 1 aromatic rings. The topological polar surface area (TPSA) is 66.4 Å². The molecule has 19 heavy (non-hydrogen) atoms. The Kier molecular flexibility index (Phi) is 6.73. The number of carboxylic acid groups (broad SMARTS) is 1. The number of unbranched alkanes of at least 4 members (excludes halogenated alkanes) is 1. The normalized spacial score (nSPS) is 10.2. The first kappa shape index (κ1) is 15.9. The van der Waals surface area contributed by atoms with Gasteiger partial charge in [0.2, 0.25) is 5.91 Å². The van der Waals surface area contributed by atoms with Gasteiger partial charge in [-0.3, -0.25) is 4.79 Å². The summed E-state index contributed by atoms with van der Waals surface area (Å²) in [6, 6.07) is 4.37. The molecule has 1 rings (SSSR count). The molecule has 4 nitrogen and oxygen atoms in total. The lowest BCUT2D eigenvalue weighted by molar-refractivity contribution is -0.113. The third-order valence-corrected chi connectivity index (χ3v) is 3.64. The van der Waals surface area contributed by atoms with Gasteiger partial charge in [-0.2, -0.15) is 11.8 Å². The van der Waals surface area contributed by atoms with E-state index in [4.69, 9.17) is 16.7 Å². The van der Waals surface area contributed by atoms with Crippen molar-refractivity contribution in [3.63, 3.8) is 0 Å². The van der Waals surface area contributed by atoms with Crippen LogP contribution in [0.5, 0.6) is 0 Å². The zero-order chi connectivity index (χ0) is 14.3. The van der Waals surface area contributed by atoms with Crippen LogP contribution < -0.4 is 5.32 Å². The SMILES string of the molecule is CCCCSCC(=O)Nc1ccc(Cl)cc1C(=O)O. The number of carbonyl (C=O) groups is 2. The first-order valence-corrected chi connectivity index (χ1v) is 7.48. The zero-order valence-electron chi connectivity index (χ0n) is 10.6. The smallest absolute Gasteiger partial charge is 0.337 e. The Labute approximate surface area is 121 Å². The average molecular weight is 302 g/mol. The number of hydrogen-bond acceptors (Lipinski definition) is 3. The molecule has 0 saturated carbocycles. The molecule has 0 aliphatic rings. The van der Waals surface area contributed by atoms with Crippen LogP contribution in [0, 0.1) is 0 Å². The molecule has 0 heterocycles. The number of aromatic carboxylic acids is 1. The summed E-state index contributed by atoms with van der Waals surface area (Å²) in [6.45, 7) is 2.09. The summed E-state index contributed by atoms with van der Waals surface area (Å²) < 4.78 is 0. The predicted molar refractivity (Wildman–Crippen MR) is 79.3 cm³/mol. The molecule has 1 aromatic carbocycles. The summed E-state index contributed by atoms with van der Waals surface area (Å²) in [6.07, 6.45) is 2.16. The van der Waals surface area contributed by atoms with Crippen LogP contribution in [-0.4, -0.2) is 28.5 Å². The quantitative estimate of drug-likeness (QED) is 0.756. The maximum absolute atomic E-state index is 11.7. The molecule has 0 spiro atoms. The summed E-state index contributed by atoms with van der Waals surface area (Å²) >= 11 is 7.27. The van der Waals surface area contributed by atoms with Crippen molar-refractivity contribution in [1.82, 2.24) is 0 Å². The highest BCUT2D eigenvalue weighted by atomic mass is 35.5. The van der Waals surface area contributed by atoms with Gasteiger partial charge in [-0.15, -0.1) is 0 Å². The molecule has 104 valence electrons. The molecule has 2 N–H and O–H groups in total. The van der Waals surface area contributed by atoms with Crippen LogP contribution in [-0.2, 0) is 4.79 Å². The summed E-state index contributed by atoms with van der Waals surface area (Å²) in [4.78, 5) is 22.7. The van der Waals surface area contributed by atoms with E-state index in [-0.39, 0.29) is 17.2 Å². The molecule has 0 radical (unpaired) electrons. The lowest BCUT2D eigenvalue weighted by Gasteiger charge is -2.08. The highest BCUT2D eigenvalue weighted by Crippen LogP contribution is 2.21. The van der Waals surface area contributed by atoms with E-state index >= 15 is 0 Å². The highest BCUT2D eigenvalue weighted by Gasteiger charge is 2.13. The van der Waals surface area contributed by atoms with Gasteiger partial charge in [0, 0.05) is 5.02 Å². The van der Waals surface area contributed by atoms with Crippen LogP contribution in [0.25, 0.3) is 0 Å². The number of nitrogens with one attached hydrogen (secondary N) is 1. The summed E-state index contributed by atoms with van der Waals surface area (Å²) in [5.74, 6) is -0.0692. The second-order valence-corrected chi connectivity index (χ2v) is 5.49. The number of hydrogen-bond donors (Lipinski definition) is 2. The minimum Gasteiger partial charge on any atom is -0.478 e. The molecule has 0 aliphatic heterocycles. The minimum atomic E-state index is -1.11. The Balaban J connectivity index is 2.61. The van der Waals surface area contributed by atoms with Crippen molar-refractivity contribution >= 4 is 40.9 Å². The average Bonchev–Trinajstić information content (AvgIpc) is 2.36. The van der Waals surface area contributed by atoms with Gasteiger partial charge in [0.25, 0.3) is 0 Å². The van der Waals surface area contributed by atoms with E-state index in [1.807, 2.05) is 0 Å². The first-order chi connectivity index (χ1) is 9.04. The number of halogens is 1. The molecular weight excluding hydrogens is 286 g/mol. The Hall–Kier alpha value is -1.20. The molecule has 0 bridgehead atoms. The van der Waals surface area contributed by atoms with E-state index in [0.717, 1.165) is 18.6 Å². The minimum absolute atomic E-state index is 0.000548. The monoisotopic (exact) mass is 301 g/mol. The Morgan fingerprint density at radius 1 is 1.42 bits per heavy atom. The molecule has 6 heteroatoms. The van der Waals surface area contributed by atoms with Crippen molar-refractivity contribution in [2.75, 3.05) is 16.8 Å². The Bertz CT molecular complexity index is 465. The molecular formula is C13H16ClNO3S. The second-order valence-electron chi connectivity index (χ2n) is 3.95. The molecule has 1 amide bonds. The number of benzene rings is 1. The maximum Gasteiger partial charge on any atom is 0.337 e. The van der Waals surface area contributed by atoms with Crippen molar-refractivity contribution in [2.45, 2.75) is 19.8 Å². The molecule has 0 saturated heterocycles. The predicted octanol–water partition coefficient (Wildman–Crippen LogP) is 3.51. The van der Waals surface area contributed by atoms with Crippen LogP contribution in [0.1, 0.15) is 30.1 Å². The highest BCUT2D eigenvalue weighted by molar-refractivity contribution is 7.99. The van der Waals surface area contributed by atoms with Crippen LogP contribution in [0.15, 0.2) is 18.2 Å². The van der Waals surface area contributed by atoms with E-state index in [9.17, 15) is 9.59 Å². The van der Waals surface area contributed by atoms with Crippen LogP contribution in [0.2, 0.25) is 5.02 Å². The summed E-state index contributed by atoms with van der Waals surface area (Å²) in [5, 5.41) is 12.0.